The van der Waals surface area contributed by atoms with Crippen LogP contribution in [-0.2, 0) is 0 Å². The normalized spacial score (nSPS) is 12.7. The van der Waals surface area contributed by atoms with Crippen LogP contribution >= 0.6 is 0 Å². The van der Waals surface area contributed by atoms with Crippen LogP contribution < -0.4 is 5.73 Å². The third-order valence-corrected chi connectivity index (χ3v) is 0.626. The van der Waals surface area contributed by atoms with E-state index in [-0.39, 0.29) is 6.54 Å². The minimum absolute atomic E-state index is 0.254. The van der Waals surface area contributed by atoms with E-state index in [1.807, 2.05) is 0 Å². The van der Waals surface area contributed by atoms with Gasteiger partial charge >= 0.3 is 0 Å². The van der Waals surface area contributed by atoms with Gasteiger partial charge in [0.1, 0.15) is 0 Å². The number of terminal acetylenes is 1. The molecule has 0 bridgehead atoms. The number of hydrogen-bond acceptors (Lipinski definition) is 2. The first-order chi connectivity index (χ1) is 3.31. The van der Waals surface area contributed by atoms with E-state index in [1.54, 1.807) is 0 Å². The molecule has 0 radical (unpaired) electrons. The fraction of sp³-hybridized carbons (Fsp3) is 0.600. The van der Waals surface area contributed by atoms with Crippen LogP contribution in [0, 0.1) is 12.3 Å². The second-order valence-electron chi connectivity index (χ2n) is 1.30. The van der Waals surface area contributed by atoms with Crippen LogP contribution in [0.4, 0.5) is 0 Å². The Morgan fingerprint density at radius 2 is 2.43 bits per heavy atom. The minimum Gasteiger partial charge on any atom is -0.391 e. The zero-order valence-corrected chi connectivity index (χ0v) is 4.09. The van der Waals surface area contributed by atoms with Crippen molar-refractivity contribution in [1.82, 2.24) is 0 Å². The lowest BCUT2D eigenvalue weighted by atomic mass is 10.3. The molecule has 0 heterocycles. The first kappa shape index (κ1) is 6.48. The minimum atomic E-state index is -0.509. The van der Waals surface area contributed by atoms with Crippen LogP contribution in [0.15, 0.2) is 0 Å². The molecule has 0 aromatic heterocycles. The summed E-state index contributed by atoms with van der Waals surface area (Å²) in [7, 11) is 0. The average Bonchev–Trinajstić information content (AvgIpc) is 1.68. The molecule has 0 aliphatic carbocycles. The molecule has 3 N–H and O–H groups in total. The van der Waals surface area contributed by atoms with Crippen molar-refractivity contribution in [1.29, 1.82) is 0 Å². The van der Waals surface area contributed by atoms with E-state index in [2.05, 4.69) is 5.92 Å². The third kappa shape index (κ3) is 3.31. The Hall–Kier alpha value is -0.520. The molecule has 0 saturated carbocycles. The van der Waals surface area contributed by atoms with Crippen LogP contribution in [0.2, 0.25) is 0 Å². The summed E-state index contributed by atoms with van der Waals surface area (Å²) in [5, 5.41) is 8.59. The monoisotopic (exact) mass is 99.1 g/mol. The van der Waals surface area contributed by atoms with Gasteiger partial charge in [-0.15, -0.1) is 12.3 Å². The molecule has 0 amide bonds. The van der Waals surface area contributed by atoms with Crippen LogP contribution in [-0.4, -0.2) is 17.8 Å². The molecule has 0 aromatic carbocycles. The number of nitrogens with two attached hydrogens (primary N) is 1. The molecule has 0 spiro atoms. The Labute approximate surface area is 43.3 Å². The topological polar surface area (TPSA) is 46.2 Å². The van der Waals surface area contributed by atoms with E-state index in [0.29, 0.717) is 6.42 Å². The van der Waals surface area contributed by atoms with Gasteiger partial charge in [0.25, 0.3) is 0 Å². The van der Waals surface area contributed by atoms with Crippen LogP contribution in [0.3, 0.4) is 0 Å². The number of hydrogen-bond donors (Lipinski definition) is 2. The Morgan fingerprint density at radius 1 is 1.86 bits per heavy atom. The summed E-state index contributed by atoms with van der Waals surface area (Å²) < 4.78 is 0. The van der Waals surface area contributed by atoms with Crippen LogP contribution in [0.5, 0.6) is 0 Å². The van der Waals surface area contributed by atoms with Gasteiger partial charge in [-0.25, -0.2) is 0 Å². The molecule has 0 aliphatic rings. The molecule has 0 aromatic rings. The Bertz CT molecular complexity index is 74.6. The Balaban J connectivity index is 3.03. The van der Waals surface area contributed by atoms with E-state index in [1.165, 1.54) is 0 Å². The van der Waals surface area contributed by atoms with Gasteiger partial charge in [-0.2, -0.15) is 0 Å². The maximum absolute atomic E-state index is 8.59. The lowest BCUT2D eigenvalue weighted by Gasteiger charge is -1.98. The zero-order valence-electron chi connectivity index (χ0n) is 4.09. The molecule has 0 aliphatic heterocycles. The number of aliphatic hydroxyl groups is 1. The van der Waals surface area contributed by atoms with Crippen molar-refractivity contribution >= 4 is 0 Å². The van der Waals surface area contributed by atoms with Gasteiger partial charge in [-0.3, -0.25) is 0 Å². The second-order valence-corrected chi connectivity index (χ2v) is 1.30. The first-order valence-electron chi connectivity index (χ1n) is 2.13. The van der Waals surface area contributed by atoms with Gasteiger partial charge in [0, 0.05) is 13.0 Å². The standard InChI is InChI=1S/C5H9NO/c1-2-3-5(7)4-6/h1,5,7H,3-4,6H2/t5-/m1/s1. The molecule has 2 heteroatoms. The fourth-order valence-corrected chi connectivity index (χ4v) is 0.219. The van der Waals surface area contributed by atoms with Crippen molar-refractivity contribution in [3.05, 3.63) is 0 Å². The van der Waals surface area contributed by atoms with Crippen molar-refractivity contribution in [2.24, 2.45) is 5.73 Å². The van der Waals surface area contributed by atoms with Crippen molar-refractivity contribution in [2.45, 2.75) is 12.5 Å². The fourth-order valence-electron chi connectivity index (χ4n) is 0.219. The Morgan fingerprint density at radius 3 is 2.57 bits per heavy atom. The van der Waals surface area contributed by atoms with Crippen LogP contribution in [0.1, 0.15) is 6.42 Å². The molecule has 0 unspecified atom stereocenters. The van der Waals surface area contributed by atoms with Crippen LogP contribution in [0.25, 0.3) is 0 Å². The largest absolute Gasteiger partial charge is 0.391 e. The lowest BCUT2D eigenvalue weighted by Crippen LogP contribution is -2.18. The SMILES string of the molecule is C#CC[C@@H](O)CN. The summed E-state index contributed by atoms with van der Waals surface area (Å²) in [4.78, 5) is 0. The summed E-state index contributed by atoms with van der Waals surface area (Å²) in [6.07, 6.45) is 4.69. The van der Waals surface area contributed by atoms with Gasteiger partial charge in [-0.1, -0.05) is 0 Å². The molecule has 0 fully saturated rings. The van der Waals surface area contributed by atoms with Gasteiger partial charge in [0.2, 0.25) is 0 Å². The van der Waals surface area contributed by atoms with Crippen molar-refractivity contribution in [2.75, 3.05) is 6.54 Å². The number of rotatable bonds is 2. The summed E-state index contributed by atoms with van der Waals surface area (Å²) in [5.41, 5.74) is 5.01. The predicted molar refractivity (Wildman–Crippen MR) is 28.5 cm³/mol. The van der Waals surface area contributed by atoms with E-state index in [0.717, 1.165) is 0 Å². The highest BCUT2D eigenvalue weighted by molar-refractivity contribution is 4.86. The van der Waals surface area contributed by atoms with Crippen molar-refractivity contribution in [3.8, 4) is 12.3 Å². The molecule has 0 rings (SSSR count). The molecule has 2 nitrogen and oxygen atoms in total. The summed E-state index contributed by atoms with van der Waals surface area (Å²) >= 11 is 0. The van der Waals surface area contributed by atoms with Crippen molar-refractivity contribution < 1.29 is 5.11 Å². The predicted octanol–water partition coefficient (Wildman–Crippen LogP) is -0.671. The quantitative estimate of drug-likeness (QED) is 0.451. The molecule has 0 saturated heterocycles. The van der Waals surface area contributed by atoms with Gasteiger partial charge in [-0.05, 0) is 0 Å². The summed E-state index contributed by atoms with van der Waals surface area (Å²) in [6, 6.07) is 0. The highest BCUT2D eigenvalue weighted by Gasteiger charge is 1.93. The maximum atomic E-state index is 8.59. The summed E-state index contributed by atoms with van der Waals surface area (Å²) in [5.74, 6) is 2.29. The highest BCUT2D eigenvalue weighted by Crippen LogP contribution is 1.82. The third-order valence-electron chi connectivity index (χ3n) is 0.626. The molecular weight excluding hydrogens is 90.1 g/mol. The zero-order chi connectivity index (χ0) is 5.70. The average molecular weight is 99.1 g/mol. The molecular formula is C5H9NO. The Kier molecular flexibility index (Phi) is 3.39. The highest BCUT2D eigenvalue weighted by atomic mass is 16.3. The summed E-state index contributed by atoms with van der Waals surface area (Å²) in [6.45, 7) is 0.254. The van der Waals surface area contributed by atoms with E-state index in [9.17, 15) is 0 Å². The smallest absolute Gasteiger partial charge is 0.0771 e. The first-order valence-corrected chi connectivity index (χ1v) is 2.13. The maximum Gasteiger partial charge on any atom is 0.0771 e. The number of aliphatic hydroxyl groups excluding tert-OH is 1. The van der Waals surface area contributed by atoms with Gasteiger partial charge in [0.15, 0.2) is 0 Å². The van der Waals surface area contributed by atoms with E-state index in [4.69, 9.17) is 17.3 Å². The van der Waals surface area contributed by atoms with E-state index >= 15 is 0 Å². The lowest BCUT2D eigenvalue weighted by molar-refractivity contribution is 0.189. The molecule has 40 valence electrons. The molecule has 7 heavy (non-hydrogen) atoms. The van der Waals surface area contributed by atoms with Gasteiger partial charge < -0.3 is 10.8 Å². The van der Waals surface area contributed by atoms with E-state index < -0.39 is 6.10 Å². The van der Waals surface area contributed by atoms with Crippen molar-refractivity contribution in [3.63, 3.8) is 0 Å². The molecule has 1 atom stereocenters. The van der Waals surface area contributed by atoms with Gasteiger partial charge in [0.05, 0.1) is 6.10 Å². The second kappa shape index (κ2) is 3.66.